The lowest BCUT2D eigenvalue weighted by Gasteiger charge is -2.26. The van der Waals surface area contributed by atoms with Crippen LogP contribution in [0.1, 0.15) is 25.8 Å². The van der Waals surface area contributed by atoms with Crippen molar-refractivity contribution >= 4 is 5.91 Å². The molecular formula is C14H16N2O3. The second-order valence-electron chi connectivity index (χ2n) is 5.13. The minimum absolute atomic E-state index is 0.120. The lowest BCUT2D eigenvalue weighted by Crippen LogP contribution is -2.44. The summed E-state index contributed by atoms with van der Waals surface area (Å²) in [6.07, 6.45) is 0.533. The van der Waals surface area contributed by atoms with E-state index in [0.29, 0.717) is 6.42 Å². The minimum Gasteiger partial charge on any atom is -0.454 e. The maximum Gasteiger partial charge on any atom is 0.234 e. The lowest BCUT2D eigenvalue weighted by atomic mass is 9.94. The second kappa shape index (κ2) is 5.19. The molecule has 0 aromatic heterocycles. The molecule has 2 rings (SSSR count). The number of fused-ring (bicyclic) bond motifs is 1. The van der Waals surface area contributed by atoms with Crippen LogP contribution in [0, 0.1) is 11.3 Å². The van der Waals surface area contributed by atoms with Gasteiger partial charge in [0, 0.05) is 5.54 Å². The molecule has 5 heteroatoms. The number of amides is 1. The third-order valence-corrected chi connectivity index (χ3v) is 2.80. The van der Waals surface area contributed by atoms with Gasteiger partial charge < -0.3 is 14.8 Å². The summed E-state index contributed by atoms with van der Waals surface area (Å²) in [4.78, 5) is 11.5. The molecule has 19 heavy (non-hydrogen) atoms. The van der Waals surface area contributed by atoms with E-state index < -0.39 is 5.54 Å². The molecule has 1 heterocycles. The number of hydrogen-bond acceptors (Lipinski definition) is 4. The summed E-state index contributed by atoms with van der Waals surface area (Å²) in [5.74, 6) is 1.22. The Bertz CT molecular complexity index is 532. The standard InChI is InChI=1S/C14H16N2O3/c1-14(2,16-13(17)5-6-15)8-10-3-4-11-12(7-10)19-9-18-11/h3-4,7H,5,8-9H2,1-2H3,(H,16,17). The van der Waals surface area contributed by atoms with Crippen molar-refractivity contribution in [2.24, 2.45) is 0 Å². The second-order valence-corrected chi connectivity index (χ2v) is 5.13. The van der Waals surface area contributed by atoms with Crippen LogP contribution in [0.5, 0.6) is 11.5 Å². The number of nitrogens with zero attached hydrogens (tertiary/aromatic N) is 1. The fraction of sp³-hybridized carbons (Fsp3) is 0.429. The predicted octanol–water partition coefficient (Wildman–Crippen LogP) is 1.77. The Balaban J connectivity index is 2.03. The first kappa shape index (κ1) is 13.2. The van der Waals surface area contributed by atoms with E-state index in [1.165, 1.54) is 0 Å². The topological polar surface area (TPSA) is 71.3 Å². The van der Waals surface area contributed by atoms with Crippen LogP contribution < -0.4 is 14.8 Å². The largest absolute Gasteiger partial charge is 0.454 e. The number of nitrogens with one attached hydrogen (secondary N) is 1. The maximum absolute atomic E-state index is 11.5. The molecule has 0 aliphatic carbocycles. The Morgan fingerprint density at radius 2 is 2.16 bits per heavy atom. The van der Waals surface area contributed by atoms with Crippen molar-refractivity contribution < 1.29 is 14.3 Å². The van der Waals surface area contributed by atoms with Crippen molar-refractivity contribution in [1.82, 2.24) is 5.32 Å². The fourth-order valence-corrected chi connectivity index (χ4v) is 2.10. The van der Waals surface area contributed by atoms with Crippen LogP contribution in [0.15, 0.2) is 18.2 Å². The summed E-state index contributed by atoms with van der Waals surface area (Å²) in [6, 6.07) is 7.57. The van der Waals surface area contributed by atoms with Crippen LogP contribution in [0.3, 0.4) is 0 Å². The molecule has 1 aliphatic rings. The number of rotatable bonds is 4. The summed E-state index contributed by atoms with van der Waals surface area (Å²) >= 11 is 0. The van der Waals surface area contributed by atoms with Crippen molar-refractivity contribution in [3.05, 3.63) is 23.8 Å². The SMILES string of the molecule is CC(C)(Cc1ccc2c(c1)OCO2)NC(=O)CC#N. The average molecular weight is 260 g/mol. The molecule has 0 atom stereocenters. The van der Waals surface area contributed by atoms with E-state index in [9.17, 15) is 4.79 Å². The first-order chi connectivity index (χ1) is 9.00. The number of benzene rings is 1. The zero-order chi connectivity index (χ0) is 13.9. The first-order valence-corrected chi connectivity index (χ1v) is 6.07. The van der Waals surface area contributed by atoms with E-state index in [-0.39, 0.29) is 19.1 Å². The van der Waals surface area contributed by atoms with Crippen molar-refractivity contribution in [2.75, 3.05) is 6.79 Å². The maximum atomic E-state index is 11.5. The van der Waals surface area contributed by atoms with E-state index >= 15 is 0 Å². The molecule has 0 unspecified atom stereocenters. The van der Waals surface area contributed by atoms with Crippen molar-refractivity contribution in [2.45, 2.75) is 32.2 Å². The molecule has 0 saturated heterocycles. The van der Waals surface area contributed by atoms with Gasteiger partial charge in [0.05, 0.1) is 6.07 Å². The molecule has 0 spiro atoms. The van der Waals surface area contributed by atoms with Gasteiger partial charge in [0.25, 0.3) is 0 Å². The molecule has 1 aromatic carbocycles. The molecular weight excluding hydrogens is 244 g/mol. The molecule has 0 saturated carbocycles. The number of carbonyl (C=O) groups is 1. The number of hydrogen-bond donors (Lipinski definition) is 1. The molecule has 100 valence electrons. The predicted molar refractivity (Wildman–Crippen MR) is 68.7 cm³/mol. The van der Waals surface area contributed by atoms with Crippen LogP contribution >= 0.6 is 0 Å². The van der Waals surface area contributed by atoms with Gasteiger partial charge in [-0.25, -0.2) is 0 Å². The van der Waals surface area contributed by atoms with Crippen LogP contribution in [0.2, 0.25) is 0 Å². The summed E-state index contributed by atoms with van der Waals surface area (Å²) in [6.45, 7) is 4.10. The van der Waals surface area contributed by atoms with Crippen LogP contribution in [0.25, 0.3) is 0 Å². The van der Waals surface area contributed by atoms with Gasteiger partial charge in [0.15, 0.2) is 11.5 Å². The van der Waals surface area contributed by atoms with Crippen LogP contribution in [-0.4, -0.2) is 18.2 Å². The number of ether oxygens (including phenoxy) is 2. The highest BCUT2D eigenvalue weighted by atomic mass is 16.7. The average Bonchev–Trinajstić information content (AvgIpc) is 2.74. The van der Waals surface area contributed by atoms with Gasteiger partial charge in [-0.15, -0.1) is 0 Å². The minimum atomic E-state index is -0.415. The quantitative estimate of drug-likeness (QED) is 0.895. The highest BCUT2D eigenvalue weighted by Gasteiger charge is 2.22. The zero-order valence-corrected chi connectivity index (χ0v) is 11.0. The van der Waals surface area contributed by atoms with Gasteiger partial charge in [-0.2, -0.15) is 5.26 Å². The van der Waals surface area contributed by atoms with Crippen LogP contribution in [0.4, 0.5) is 0 Å². The number of carbonyl (C=O) groups excluding carboxylic acids is 1. The van der Waals surface area contributed by atoms with E-state index in [2.05, 4.69) is 5.32 Å². The van der Waals surface area contributed by atoms with Crippen LogP contribution in [-0.2, 0) is 11.2 Å². The first-order valence-electron chi connectivity index (χ1n) is 6.07. The van der Waals surface area contributed by atoms with Crippen molar-refractivity contribution in [1.29, 1.82) is 5.26 Å². The smallest absolute Gasteiger partial charge is 0.234 e. The van der Waals surface area contributed by atoms with Gasteiger partial charge in [0.1, 0.15) is 6.42 Å². The molecule has 0 fully saturated rings. The Labute approximate surface area is 112 Å². The summed E-state index contributed by atoms with van der Waals surface area (Å²) in [5, 5.41) is 11.3. The highest BCUT2D eigenvalue weighted by molar-refractivity contribution is 5.78. The number of nitriles is 1. The van der Waals surface area contributed by atoms with E-state index in [1.54, 1.807) is 0 Å². The summed E-state index contributed by atoms with van der Waals surface area (Å²) in [5.41, 5.74) is 0.633. The van der Waals surface area contributed by atoms with Gasteiger partial charge in [-0.05, 0) is 38.0 Å². The van der Waals surface area contributed by atoms with Gasteiger partial charge in [-0.3, -0.25) is 4.79 Å². The molecule has 5 nitrogen and oxygen atoms in total. The van der Waals surface area contributed by atoms with Crippen molar-refractivity contribution in [3.63, 3.8) is 0 Å². The van der Waals surface area contributed by atoms with Gasteiger partial charge in [-0.1, -0.05) is 6.07 Å². The monoisotopic (exact) mass is 260 g/mol. The molecule has 0 bridgehead atoms. The molecule has 1 aromatic rings. The Morgan fingerprint density at radius 3 is 2.89 bits per heavy atom. The van der Waals surface area contributed by atoms with E-state index in [1.807, 2.05) is 38.1 Å². The molecule has 1 N–H and O–H groups in total. The lowest BCUT2D eigenvalue weighted by molar-refractivity contribution is -0.121. The molecule has 0 radical (unpaired) electrons. The third-order valence-electron chi connectivity index (χ3n) is 2.80. The van der Waals surface area contributed by atoms with Gasteiger partial charge >= 0.3 is 0 Å². The van der Waals surface area contributed by atoms with Gasteiger partial charge in [0.2, 0.25) is 12.7 Å². The Morgan fingerprint density at radius 1 is 1.42 bits per heavy atom. The molecule has 1 aliphatic heterocycles. The Kier molecular flexibility index (Phi) is 3.61. The van der Waals surface area contributed by atoms with E-state index in [4.69, 9.17) is 14.7 Å². The summed E-state index contributed by atoms with van der Waals surface area (Å²) < 4.78 is 10.6. The summed E-state index contributed by atoms with van der Waals surface area (Å²) in [7, 11) is 0. The fourth-order valence-electron chi connectivity index (χ4n) is 2.10. The third kappa shape index (κ3) is 3.38. The zero-order valence-electron chi connectivity index (χ0n) is 11.0. The highest BCUT2D eigenvalue weighted by Crippen LogP contribution is 2.33. The molecule has 1 amide bonds. The van der Waals surface area contributed by atoms with E-state index in [0.717, 1.165) is 17.1 Å². The van der Waals surface area contributed by atoms with Crippen molar-refractivity contribution in [3.8, 4) is 17.6 Å². The Hall–Kier alpha value is -2.22. The normalized spacial score (nSPS) is 12.9.